The maximum atomic E-state index is 12.2. The van der Waals surface area contributed by atoms with E-state index in [2.05, 4.69) is 15.5 Å². The SMILES string of the molecule is COc1cc(C=NN=C2NC(=O)CS2)ccc1OC(=O)c1ccccc1. The summed E-state index contributed by atoms with van der Waals surface area (Å²) in [5.74, 6) is 0.502. The number of methoxy groups -OCH3 is 1. The normalized spacial score (nSPS) is 15.3. The minimum atomic E-state index is -0.467. The van der Waals surface area contributed by atoms with Crippen molar-refractivity contribution in [1.29, 1.82) is 0 Å². The summed E-state index contributed by atoms with van der Waals surface area (Å²) in [5, 5.41) is 10.9. The molecular weight excluding hydrogens is 354 g/mol. The van der Waals surface area contributed by atoms with Gasteiger partial charge in [-0.15, -0.1) is 5.10 Å². The molecule has 7 nitrogen and oxygen atoms in total. The number of esters is 1. The quantitative estimate of drug-likeness (QED) is 0.378. The van der Waals surface area contributed by atoms with Crippen LogP contribution in [0.15, 0.2) is 58.7 Å². The number of amides is 1. The van der Waals surface area contributed by atoms with Crippen molar-refractivity contribution in [2.24, 2.45) is 10.2 Å². The first-order valence-electron chi connectivity index (χ1n) is 7.64. The smallest absolute Gasteiger partial charge is 0.343 e. The highest BCUT2D eigenvalue weighted by atomic mass is 32.2. The molecule has 26 heavy (non-hydrogen) atoms. The van der Waals surface area contributed by atoms with Gasteiger partial charge in [-0.3, -0.25) is 4.79 Å². The van der Waals surface area contributed by atoms with Crippen LogP contribution < -0.4 is 14.8 Å². The molecule has 2 aromatic carbocycles. The molecule has 1 fully saturated rings. The van der Waals surface area contributed by atoms with E-state index in [9.17, 15) is 9.59 Å². The zero-order valence-electron chi connectivity index (χ0n) is 13.8. The van der Waals surface area contributed by atoms with Gasteiger partial charge in [0.25, 0.3) is 0 Å². The van der Waals surface area contributed by atoms with Crippen LogP contribution in [0, 0.1) is 0 Å². The number of nitrogens with zero attached hydrogens (tertiary/aromatic N) is 2. The van der Waals surface area contributed by atoms with Gasteiger partial charge in [0.1, 0.15) is 0 Å². The monoisotopic (exact) mass is 369 g/mol. The highest BCUT2D eigenvalue weighted by molar-refractivity contribution is 8.15. The number of carbonyl (C=O) groups is 2. The predicted octanol–water partition coefficient (Wildman–Crippen LogP) is 2.47. The fourth-order valence-corrected chi connectivity index (χ4v) is 2.74. The molecular formula is C18H15N3O4S. The maximum absolute atomic E-state index is 12.2. The predicted molar refractivity (Wildman–Crippen MR) is 100 cm³/mol. The third-order valence-corrected chi connectivity index (χ3v) is 4.21. The van der Waals surface area contributed by atoms with Gasteiger partial charge in [-0.2, -0.15) is 5.10 Å². The van der Waals surface area contributed by atoms with Crippen LogP contribution in [-0.2, 0) is 4.79 Å². The summed E-state index contributed by atoms with van der Waals surface area (Å²) >= 11 is 1.29. The average molecular weight is 369 g/mol. The molecule has 0 bridgehead atoms. The van der Waals surface area contributed by atoms with Crippen LogP contribution in [-0.4, -0.2) is 36.1 Å². The Bertz CT molecular complexity index is 881. The summed E-state index contributed by atoms with van der Waals surface area (Å²) in [6.07, 6.45) is 1.52. The molecule has 1 saturated heterocycles. The Morgan fingerprint density at radius 2 is 2.00 bits per heavy atom. The average Bonchev–Trinajstić information content (AvgIpc) is 3.08. The number of amidine groups is 1. The number of hydrogen-bond donors (Lipinski definition) is 1. The molecule has 8 heteroatoms. The van der Waals surface area contributed by atoms with Gasteiger partial charge in [-0.05, 0) is 35.9 Å². The van der Waals surface area contributed by atoms with Crippen LogP contribution in [0.5, 0.6) is 11.5 Å². The topological polar surface area (TPSA) is 89.3 Å². The van der Waals surface area contributed by atoms with Crippen LogP contribution in [0.4, 0.5) is 0 Å². The van der Waals surface area contributed by atoms with E-state index >= 15 is 0 Å². The maximum Gasteiger partial charge on any atom is 0.343 e. The van der Waals surface area contributed by atoms with E-state index < -0.39 is 5.97 Å². The minimum absolute atomic E-state index is 0.0878. The van der Waals surface area contributed by atoms with Gasteiger partial charge < -0.3 is 14.8 Å². The Balaban J connectivity index is 1.71. The number of benzene rings is 2. The Morgan fingerprint density at radius 3 is 2.69 bits per heavy atom. The largest absolute Gasteiger partial charge is 0.493 e. The Kier molecular flexibility index (Phi) is 5.65. The van der Waals surface area contributed by atoms with Crippen LogP contribution >= 0.6 is 11.8 Å². The number of hydrogen-bond acceptors (Lipinski definition) is 7. The summed E-state index contributed by atoms with van der Waals surface area (Å²) in [6.45, 7) is 0. The zero-order chi connectivity index (χ0) is 18.4. The van der Waals surface area contributed by atoms with Crippen molar-refractivity contribution in [3.63, 3.8) is 0 Å². The lowest BCUT2D eigenvalue weighted by atomic mass is 10.2. The molecule has 0 atom stereocenters. The number of carbonyl (C=O) groups excluding carboxylic acids is 2. The van der Waals surface area contributed by atoms with Crippen LogP contribution in [0.2, 0.25) is 0 Å². The first-order chi connectivity index (χ1) is 12.7. The van der Waals surface area contributed by atoms with Gasteiger partial charge >= 0.3 is 5.97 Å². The molecule has 0 spiro atoms. The number of nitrogens with one attached hydrogen (secondary N) is 1. The van der Waals surface area contributed by atoms with Crippen molar-refractivity contribution >= 4 is 35.0 Å². The van der Waals surface area contributed by atoms with E-state index in [0.717, 1.165) is 0 Å². The molecule has 0 unspecified atom stereocenters. The first kappa shape index (κ1) is 17.7. The number of rotatable bonds is 5. The van der Waals surface area contributed by atoms with Crippen LogP contribution in [0.25, 0.3) is 0 Å². The molecule has 2 aromatic rings. The van der Waals surface area contributed by atoms with Gasteiger partial charge in [0.15, 0.2) is 16.7 Å². The van der Waals surface area contributed by atoms with Crippen LogP contribution in [0.3, 0.4) is 0 Å². The Morgan fingerprint density at radius 1 is 1.19 bits per heavy atom. The van der Waals surface area contributed by atoms with Crippen molar-refractivity contribution in [2.45, 2.75) is 0 Å². The summed E-state index contributed by atoms with van der Waals surface area (Å²) in [4.78, 5) is 23.2. The van der Waals surface area contributed by atoms with E-state index in [0.29, 0.717) is 33.5 Å². The second kappa shape index (κ2) is 8.30. The van der Waals surface area contributed by atoms with Crippen molar-refractivity contribution in [3.8, 4) is 11.5 Å². The fourth-order valence-electron chi connectivity index (χ4n) is 2.11. The van der Waals surface area contributed by atoms with E-state index in [1.807, 2.05) is 6.07 Å². The van der Waals surface area contributed by atoms with Crippen molar-refractivity contribution in [1.82, 2.24) is 5.32 Å². The summed E-state index contributed by atoms with van der Waals surface area (Å²) in [5.41, 5.74) is 1.16. The molecule has 1 heterocycles. The molecule has 1 aliphatic rings. The van der Waals surface area contributed by atoms with Crippen molar-refractivity contribution < 1.29 is 19.1 Å². The molecule has 1 amide bonds. The minimum Gasteiger partial charge on any atom is -0.493 e. The summed E-state index contributed by atoms with van der Waals surface area (Å²) in [7, 11) is 1.49. The summed E-state index contributed by atoms with van der Waals surface area (Å²) in [6, 6.07) is 13.7. The molecule has 1 aliphatic heterocycles. The Labute approximate surface area is 154 Å². The lowest BCUT2D eigenvalue weighted by Crippen LogP contribution is -2.19. The number of thioether (sulfide) groups is 1. The van der Waals surface area contributed by atoms with Gasteiger partial charge in [0.2, 0.25) is 5.91 Å². The Hall–Kier alpha value is -3.13. The molecule has 0 radical (unpaired) electrons. The highest BCUT2D eigenvalue weighted by Gasteiger charge is 2.16. The lowest BCUT2D eigenvalue weighted by Gasteiger charge is -2.09. The number of ether oxygens (including phenoxy) is 2. The third-order valence-electron chi connectivity index (χ3n) is 3.34. The summed E-state index contributed by atoms with van der Waals surface area (Å²) < 4.78 is 10.7. The fraction of sp³-hybridized carbons (Fsp3) is 0.111. The van der Waals surface area contributed by atoms with E-state index in [1.165, 1.54) is 25.1 Å². The van der Waals surface area contributed by atoms with Crippen LogP contribution in [0.1, 0.15) is 15.9 Å². The van der Waals surface area contributed by atoms with E-state index in [4.69, 9.17) is 9.47 Å². The molecule has 3 rings (SSSR count). The van der Waals surface area contributed by atoms with Gasteiger partial charge in [-0.1, -0.05) is 30.0 Å². The van der Waals surface area contributed by atoms with Gasteiger partial charge in [0.05, 0.1) is 24.6 Å². The third kappa shape index (κ3) is 4.48. The van der Waals surface area contributed by atoms with Gasteiger partial charge in [0, 0.05) is 0 Å². The van der Waals surface area contributed by atoms with Crippen molar-refractivity contribution in [3.05, 3.63) is 59.7 Å². The second-order valence-corrected chi connectivity index (χ2v) is 6.12. The van der Waals surface area contributed by atoms with E-state index in [1.54, 1.807) is 42.5 Å². The zero-order valence-corrected chi connectivity index (χ0v) is 14.7. The molecule has 132 valence electrons. The first-order valence-corrected chi connectivity index (χ1v) is 8.63. The van der Waals surface area contributed by atoms with E-state index in [-0.39, 0.29) is 5.91 Å². The molecule has 0 aliphatic carbocycles. The van der Waals surface area contributed by atoms with Gasteiger partial charge in [-0.25, -0.2) is 4.79 Å². The lowest BCUT2D eigenvalue weighted by molar-refractivity contribution is -0.116. The standard InChI is InChI=1S/C18H15N3O4S/c1-24-15-9-12(10-19-21-18-20-16(22)11-26-18)7-8-14(15)25-17(23)13-5-3-2-4-6-13/h2-10H,11H2,1H3,(H,20,21,22). The van der Waals surface area contributed by atoms with Crippen molar-refractivity contribution in [2.75, 3.05) is 12.9 Å². The second-order valence-electron chi connectivity index (χ2n) is 5.15. The molecule has 0 aromatic heterocycles. The molecule has 1 N–H and O–H groups in total. The molecule has 0 saturated carbocycles. The highest BCUT2D eigenvalue weighted by Crippen LogP contribution is 2.28.